The maximum absolute atomic E-state index is 12.8. The van der Waals surface area contributed by atoms with Gasteiger partial charge in [-0.1, -0.05) is 151 Å². The summed E-state index contributed by atoms with van der Waals surface area (Å²) in [6.07, 6.45) is 35.2. The highest BCUT2D eigenvalue weighted by Crippen LogP contribution is 2.24. The minimum absolute atomic E-state index is 0.132. The first-order valence-corrected chi connectivity index (χ1v) is 23.7. The van der Waals surface area contributed by atoms with Gasteiger partial charge >= 0.3 is 11.9 Å². The summed E-state index contributed by atoms with van der Waals surface area (Å²) in [6, 6.07) is 0. The lowest BCUT2D eigenvalue weighted by molar-refractivity contribution is -0.297. The van der Waals surface area contributed by atoms with Crippen molar-refractivity contribution >= 4 is 22.1 Å². The Labute approximate surface area is 355 Å². The monoisotopic (exact) mass is 853 g/mol. The second-order valence-electron chi connectivity index (χ2n) is 15.1. The van der Waals surface area contributed by atoms with Gasteiger partial charge in [0, 0.05) is 12.8 Å². The summed E-state index contributed by atoms with van der Waals surface area (Å²) in [6.45, 7) is 3.56. The Balaban J connectivity index is 2.49. The maximum atomic E-state index is 12.8. The van der Waals surface area contributed by atoms with Crippen molar-refractivity contribution in [2.24, 2.45) is 0 Å². The van der Waals surface area contributed by atoms with E-state index >= 15 is 0 Å². The number of hydrogen-bond donors (Lipinski definition) is 4. The molecule has 0 amide bonds. The lowest BCUT2D eigenvalue weighted by atomic mass is 10.00. The summed E-state index contributed by atoms with van der Waals surface area (Å²) >= 11 is 0. The molecule has 0 aromatic carbocycles. The quantitative estimate of drug-likeness (QED) is 0.0206. The van der Waals surface area contributed by atoms with E-state index in [-0.39, 0.29) is 19.4 Å². The van der Waals surface area contributed by atoms with Gasteiger partial charge in [-0.3, -0.25) is 14.1 Å². The Bertz CT molecular complexity index is 1370. The molecule has 6 atom stereocenters. The zero-order chi connectivity index (χ0) is 43.4. The molecule has 338 valence electrons. The van der Waals surface area contributed by atoms with E-state index in [4.69, 9.17) is 18.9 Å². The van der Waals surface area contributed by atoms with Gasteiger partial charge in [-0.2, -0.15) is 8.42 Å². The molecule has 1 saturated heterocycles. The molecule has 3 unspecified atom stereocenters. The lowest BCUT2D eigenvalue weighted by Crippen LogP contribution is -2.60. The van der Waals surface area contributed by atoms with Crippen LogP contribution in [0.4, 0.5) is 0 Å². The van der Waals surface area contributed by atoms with Gasteiger partial charge < -0.3 is 34.3 Å². The van der Waals surface area contributed by atoms with Crippen molar-refractivity contribution in [3.05, 3.63) is 72.9 Å². The number of allylic oxidation sites excluding steroid dienone is 12. The molecule has 1 heterocycles. The predicted molar refractivity (Wildman–Crippen MR) is 233 cm³/mol. The average Bonchev–Trinajstić information content (AvgIpc) is 3.20. The van der Waals surface area contributed by atoms with Crippen molar-refractivity contribution in [2.45, 2.75) is 185 Å². The summed E-state index contributed by atoms with van der Waals surface area (Å²) in [5, 5.41) is 30.8. The van der Waals surface area contributed by atoms with Crippen LogP contribution in [0.25, 0.3) is 0 Å². The number of carbonyl (C=O) groups excluding carboxylic acids is 2. The Morgan fingerprint density at radius 3 is 1.58 bits per heavy atom. The first-order chi connectivity index (χ1) is 28.5. The normalized spacial score (nSPS) is 20.9. The highest BCUT2D eigenvalue weighted by molar-refractivity contribution is 7.85. The molecule has 59 heavy (non-hydrogen) atoms. The van der Waals surface area contributed by atoms with Gasteiger partial charge in [0.25, 0.3) is 10.1 Å². The molecular formula is C46H76O12S. The number of unbranched alkanes of at least 4 members (excludes halogenated alkanes) is 15. The summed E-state index contributed by atoms with van der Waals surface area (Å²) in [7, 11) is -4.61. The zero-order valence-electron chi connectivity index (χ0n) is 35.8. The van der Waals surface area contributed by atoms with Crippen LogP contribution >= 0.6 is 0 Å². The largest absolute Gasteiger partial charge is 0.462 e. The number of esters is 2. The number of rotatable bonds is 35. The molecular weight excluding hydrogens is 777 g/mol. The number of ether oxygens (including phenoxy) is 4. The molecule has 1 aliphatic heterocycles. The Morgan fingerprint density at radius 2 is 1.07 bits per heavy atom. The second kappa shape index (κ2) is 35.8. The summed E-state index contributed by atoms with van der Waals surface area (Å²) in [5.74, 6) is -2.05. The van der Waals surface area contributed by atoms with Gasteiger partial charge in [0.1, 0.15) is 36.8 Å². The molecule has 4 N–H and O–H groups in total. The molecule has 1 fully saturated rings. The van der Waals surface area contributed by atoms with Crippen LogP contribution < -0.4 is 0 Å². The molecule has 0 bridgehead atoms. The highest BCUT2D eigenvalue weighted by atomic mass is 32.2. The van der Waals surface area contributed by atoms with E-state index in [9.17, 15) is 37.9 Å². The van der Waals surface area contributed by atoms with Gasteiger partial charge in [-0.15, -0.1) is 0 Å². The van der Waals surface area contributed by atoms with E-state index in [0.717, 1.165) is 77.0 Å². The molecule has 0 aromatic rings. The number of aliphatic hydroxyl groups is 3. The van der Waals surface area contributed by atoms with Crippen LogP contribution in [0.1, 0.15) is 149 Å². The van der Waals surface area contributed by atoms with Gasteiger partial charge in [0.05, 0.1) is 6.61 Å². The van der Waals surface area contributed by atoms with Gasteiger partial charge in [0.15, 0.2) is 12.4 Å². The minimum Gasteiger partial charge on any atom is -0.462 e. The van der Waals surface area contributed by atoms with Gasteiger partial charge in [-0.05, 0) is 57.8 Å². The van der Waals surface area contributed by atoms with Crippen LogP contribution in [0.15, 0.2) is 72.9 Å². The van der Waals surface area contributed by atoms with Crippen LogP contribution in [-0.2, 0) is 38.7 Å². The lowest BCUT2D eigenvalue weighted by Gasteiger charge is -2.40. The van der Waals surface area contributed by atoms with Crippen molar-refractivity contribution in [1.29, 1.82) is 0 Å². The topological polar surface area (TPSA) is 186 Å². The minimum atomic E-state index is -4.61. The maximum Gasteiger partial charge on any atom is 0.306 e. The van der Waals surface area contributed by atoms with Crippen LogP contribution in [0.3, 0.4) is 0 Å². The van der Waals surface area contributed by atoms with Crippen molar-refractivity contribution in [2.75, 3.05) is 19.0 Å². The fourth-order valence-corrected chi connectivity index (χ4v) is 6.90. The van der Waals surface area contributed by atoms with E-state index in [1.54, 1.807) is 0 Å². The Hall–Kier alpha value is -2.91. The molecule has 0 saturated carbocycles. The van der Waals surface area contributed by atoms with Crippen molar-refractivity contribution < 1.29 is 56.8 Å². The number of carbonyl (C=O) groups is 2. The first kappa shape index (κ1) is 54.1. The molecule has 0 spiro atoms. The second-order valence-corrected chi connectivity index (χ2v) is 16.6. The van der Waals surface area contributed by atoms with E-state index in [2.05, 4.69) is 62.5 Å². The Kier molecular flexibility index (Phi) is 32.8. The molecule has 0 aromatic heterocycles. The van der Waals surface area contributed by atoms with E-state index in [0.29, 0.717) is 12.8 Å². The Morgan fingerprint density at radius 1 is 0.593 bits per heavy atom. The van der Waals surface area contributed by atoms with E-state index < -0.39 is 71.2 Å². The molecule has 0 aliphatic carbocycles. The third-order valence-corrected chi connectivity index (χ3v) is 10.4. The van der Waals surface area contributed by atoms with Gasteiger partial charge in [0.2, 0.25) is 0 Å². The standard InChI is InChI=1S/C46H76O12S/c1-3-5-7-9-11-13-15-17-18-19-20-21-23-24-26-28-30-32-34-41(47)55-36-39(37-56-46-45(51)44(50)43(49)40(58-46)38-59(52,53)54)57-42(48)35-33-31-29-27-25-22-16-14-12-10-8-6-4-2/h6,8,10,12,14-21,39-40,43-46,49-51H,3-5,7,9,11,13,22-38H2,1-2H3,(H,52,53,54)/b8-6+,12-10+,16-14+,17-15+,19-18+,21-20+/t39?,40-,43-,44?,45?,46+/m1/s1. The summed E-state index contributed by atoms with van der Waals surface area (Å²) in [5.41, 5.74) is 0. The molecule has 12 nitrogen and oxygen atoms in total. The van der Waals surface area contributed by atoms with Crippen LogP contribution in [-0.4, -0.2) is 96.0 Å². The van der Waals surface area contributed by atoms with Crippen LogP contribution in [0.2, 0.25) is 0 Å². The van der Waals surface area contributed by atoms with Crippen molar-refractivity contribution in [1.82, 2.24) is 0 Å². The summed E-state index contributed by atoms with van der Waals surface area (Å²) < 4.78 is 54.0. The average molecular weight is 853 g/mol. The third-order valence-electron chi connectivity index (χ3n) is 9.64. The SMILES string of the molecule is CC/C=C/C=C/C=C/CCCCCCCC(=O)OC(COC(=O)CCCCCCC/C=C/C=C/C=C/CCCCCCC)CO[C@H]1O[C@H](CS(=O)(=O)O)[C@@H](O)C(O)C1O. The number of hydrogen-bond acceptors (Lipinski definition) is 11. The molecule has 1 rings (SSSR count). The van der Waals surface area contributed by atoms with E-state index in [1.165, 1.54) is 32.1 Å². The van der Waals surface area contributed by atoms with E-state index in [1.807, 2.05) is 24.3 Å². The third kappa shape index (κ3) is 30.7. The predicted octanol–water partition coefficient (Wildman–Crippen LogP) is 8.72. The highest BCUT2D eigenvalue weighted by Gasteiger charge is 2.46. The van der Waals surface area contributed by atoms with Gasteiger partial charge in [-0.25, -0.2) is 0 Å². The molecule has 13 heteroatoms. The fraction of sp³-hybridized carbons (Fsp3) is 0.696. The van der Waals surface area contributed by atoms with Crippen LogP contribution in [0, 0.1) is 0 Å². The first-order valence-electron chi connectivity index (χ1n) is 22.1. The smallest absolute Gasteiger partial charge is 0.306 e. The fourth-order valence-electron chi connectivity index (χ4n) is 6.21. The zero-order valence-corrected chi connectivity index (χ0v) is 36.6. The van der Waals surface area contributed by atoms with Crippen molar-refractivity contribution in [3.63, 3.8) is 0 Å². The van der Waals surface area contributed by atoms with Crippen LogP contribution in [0.5, 0.6) is 0 Å². The van der Waals surface area contributed by atoms with Crippen molar-refractivity contribution in [3.8, 4) is 0 Å². The molecule has 1 aliphatic rings. The molecule has 0 radical (unpaired) electrons. The number of aliphatic hydroxyl groups excluding tert-OH is 3. The summed E-state index contributed by atoms with van der Waals surface area (Å²) in [4.78, 5) is 25.4.